The van der Waals surface area contributed by atoms with Crippen LogP contribution >= 0.6 is 0 Å². The molecule has 0 radical (unpaired) electrons. The van der Waals surface area contributed by atoms with Crippen LogP contribution in [0.2, 0.25) is 0 Å². The van der Waals surface area contributed by atoms with Gasteiger partial charge in [0.2, 0.25) is 0 Å². The van der Waals surface area contributed by atoms with Crippen molar-refractivity contribution in [1.29, 1.82) is 0 Å². The minimum atomic E-state index is -2.92. The van der Waals surface area contributed by atoms with Gasteiger partial charge in [0, 0.05) is 6.42 Å². The average molecular weight is 229 g/mol. The fraction of sp³-hybridized carbons (Fsp3) is 0.364. The molecule has 16 heavy (non-hydrogen) atoms. The summed E-state index contributed by atoms with van der Waals surface area (Å²) in [4.78, 5) is 11.1. The van der Waals surface area contributed by atoms with Gasteiger partial charge in [0.15, 0.2) is 5.78 Å². The number of rotatable bonds is 4. The lowest BCUT2D eigenvalue weighted by molar-refractivity contribution is -0.127. The zero-order valence-electron chi connectivity index (χ0n) is 8.78. The Hall–Kier alpha value is -1.49. The van der Waals surface area contributed by atoms with Gasteiger partial charge >= 0.3 is 0 Å². The molecule has 0 aromatic heterocycles. The summed E-state index contributed by atoms with van der Waals surface area (Å²) >= 11 is 0. The molecule has 0 aliphatic rings. The molecule has 1 atom stereocenters. The Labute approximate surface area is 91.9 Å². The number of carbonyl (C=O) groups excluding carboxylic acids is 1. The first-order chi connectivity index (χ1) is 7.36. The number of halogens is 2. The summed E-state index contributed by atoms with van der Waals surface area (Å²) in [5.74, 6) is -0.721. The van der Waals surface area contributed by atoms with Crippen molar-refractivity contribution in [3.8, 4) is 5.75 Å². The van der Waals surface area contributed by atoms with Crippen LogP contribution in [0.25, 0.3) is 0 Å². The molecule has 0 aliphatic carbocycles. The van der Waals surface area contributed by atoms with Crippen molar-refractivity contribution in [3.05, 3.63) is 29.8 Å². The molecule has 0 aliphatic heterocycles. The quantitative estimate of drug-likeness (QED) is 0.822. The van der Waals surface area contributed by atoms with E-state index in [0.717, 1.165) is 6.92 Å². The predicted octanol–water partition coefficient (Wildman–Crippen LogP) is 1.49. The van der Waals surface area contributed by atoms with Crippen LogP contribution in [0.3, 0.4) is 0 Å². The number of benzene rings is 1. The summed E-state index contributed by atoms with van der Waals surface area (Å²) < 4.78 is 25.4. The second kappa shape index (κ2) is 4.57. The lowest BCUT2D eigenvalue weighted by Gasteiger charge is -2.25. The standard InChI is InChI=1S/C11H13F2NO2/c1-7(15)11(14,10(12)13)6-8-2-4-9(16)5-3-8/h2-5,10,16H,6,14H2,1H3. The molecule has 1 unspecified atom stereocenters. The van der Waals surface area contributed by atoms with Crippen LogP contribution in [0.1, 0.15) is 12.5 Å². The third-order valence-corrected chi connectivity index (χ3v) is 2.48. The largest absolute Gasteiger partial charge is 0.508 e. The molecule has 88 valence electrons. The van der Waals surface area contributed by atoms with Gasteiger partial charge in [0.1, 0.15) is 11.3 Å². The molecule has 0 heterocycles. The number of carbonyl (C=O) groups is 1. The minimum Gasteiger partial charge on any atom is -0.508 e. The second-order valence-electron chi connectivity index (χ2n) is 3.74. The maximum Gasteiger partial charge on any atom is 0.263 e. The molecule has 1 rings (SSSR count). The molecule has 0 saturated heterocycles. The van der Waals surface area contributed by atoms with Crippen LogP contribution in [0.4, 0.5) is 8.78 Å². The Morgan fingerprint density at radius 3 is 2.31 bits per heavy atom. The van der Waals surface area contributed by atoms with Crippen LogP contribution < -0.4 is 5.73 Å². The van der Waals surface area contributed by atoms with Crippen molar-refractivity contribution < 1.29 is 18.7 Å². The number of phenols is 1. The van der Waals surface area contributed by atoms with Gasteiger partial charge in [-0.15, -0.1) is 0 Å². The van der Waals surface area contributed by atoms with Gasteiger partial charge in [-0.1, -0.05) is 12.1 Å². The van der Waals surface area contributed by atoms with Gasteiger partial charge in [-0.05, 0) is 24.6 Å². The highest BCUT2D eigenvalue weighted by atomic mass is 19.3. The van der Waals surface area contributed by atoms with E-state index < -0.39 is 17.7 Å². The van der Waals surface area contributed by atoms with E-state index in [0.29, 0.717) is 5.56 Å². The lowest BCUT2D eigenvalue weighted by atomic mass is 9.88. The predicted molar refractivity (Wildman–Crippen MR) is 55.4 cm³/mol. The Kier molecular flexibility index (Phi) is 3.59. The molecule has 3 nitrogen and oxygen atoms in total. The Balaban J connectivity index is 2.93. The zero-order chi connectivity index (χ0) is 12.3. The highest BCUT2D eigenvalue weighted by Gasteiger charge is 2.40. The first-order valence-corrected chi connectivity index (χ1v) is 4.72. The lowest BCUT2D eigenvalue weighted by Crippen LogP contribution is -2.54. The second-order valence-corrected chi connectivity index (χ2v) is 3.74. The van der Waals surface area contributed by atoms with E-state index in [1.54, 1.807) is 0 Å². The molecule has 0 spiro atoms. The average Bonchev–Trinajstić information content (AvgIpc) is 2.20. The summed E-state index contributed by atoms with van der Waals surface area (Å²) in [6.45, 7) is 1.05. The number of ketones is 1. The maximum absolute atomic E-state index is 12.7. The van der Waals surface area contributed by atoms with Gasteiger partial charge in [-0.3, -0.25) is 4.79 Å². The van der Waals surface area contributed by atoms with Crippen molar-refractivity contribution in [3.63, 3.8) is 0 Å². The molecule has 1 aromatic rings. The molecular formula is C11H13F2NO2. The van der Waals surface area contributed by atoms with Crippen LogP contribution in [-0.2, 0) is 11.2 Å². The molecule has 0 amide bonds. The highest BCUT2D eigenvalue weighted by molar-refractivity contribution is 5.86. The highest BCUT2D eigenvalue weighted by Crippen LogP contribution is 2.21. The first-order valence-electron chi connectivity index (χ1n) is 4.72. The van der Waals surface area contributed by atoms with Gasteiger partial charge < -0.3 is 10.8 Å². The van der Waals surface area contributed by atoms with Crippen LogP contribution in [0, 0.1) is 0 Å². The van der Waals surface area contributed by atoms with Crippen molar-refractivity contribution >= 4 is 5.78 Å². The normalized spacial score (nSPS) is 14.8. The monoisotopic (exact) mass is 229 g/mol. The third kappa shape index (κ3) is 2.55. The van der Waals surface area contributed by atoms with E-state index >= 15 is 0 Å². The van der Waals surface area contributed by atoms with E-state index in [9.17, 15) is 13.6 Å². The number of phenolic OH excluding ortho intramolecular Hbond substituents is 1. The summed E-state index contributed by atoms with van der Waals surface area (Å²) in [7, 11) is 0. The molecule has 5 heteroatoms. The van der Waals surface area contributed by atoms with Crippen molar-refractivity contribution in [2.75, 3.05) is 0 Å². The van der Waals surface area contributed by atoms with Crippen LogP contribution in [0.5, 0.6) is 5.75 Å². The van der Waals surface area contributed by atoms with Gasteiger partial charge in [-0.2, -0.15) is 0 Å². The van der Waals surface area contributed by atoms with Crippen LogP contribution in [-0.4, -0.2) is 22.9 Å². The van der Waals surface area contributed by atoms with Gasteiger partial charge in [0.05, 0.1) is 0 Å². The first kappa shape index (κ1) is 12.6. The summed E-state index contributed by atoms with van der Waals surface area (Å²) in [6.07, 6.45) is -3.17. The van der Waals surface area contributed by atoms with Crippen molar-refractivity contribution in [1.82, 2.24) is 0 Å². The number of aromatic hydroxyl groups is 1. The molecule has 0 saturated carbocycles. The van der Waals surface area contributed by atoms with E-state index in [-0.39, 0.29) is 12.2 Å². The van der Waals surface area contributed by atoms with E-state index in [2.05, 4.69) is 0 Å². The molecular weight excluding hydrogens is 216 g/mol. The van der Waals surface area contributed by atoms with E-state index in [1.165, 1.54) is 24.3 Å². The molecule has 0 fully saturated rings. The number of alkyl halides is 2. The number of nitrogens with two attached hydrogens (primary N) is 1. The van der Waals surface area contributed by atoms with Gasteiger partial charge in [-0.25, -0.2) is 8.78 Å². The minimum absolute atomic E-state index is 0.0336. The maximum atomic E-state index is 12.7. The summed E-state index contributed by atoms with van der Waals surface area (Å²) in [5.41, 5.74) is 3.72. The summed E-state index contributed by atoms with van der Waals surface area (Å²) in [5, 5.41) is 9.03. The summed E-state index contributed by atoms with van der Waals surface area (Å²) in [6, 6.07) is 5.65. The SMILES string of the molecule is CC(=O)C(N)(Cc1ccc(O)cc1)C(F)F. The fourth-order valence-corrected chi connectivity index (χ4v) is 1.31. The van der Waals surface area contributed by atoms with E-state index in [4.69, 9.17) is 10.8 Å². The number of hydrogen-bond acceptors (Lipinski definition) is 3. The topological polar surface area (TPSA) is 63.3 Å². The zero-order valence-corrected chi connectivity index (χ0v) is 8.78. The van der Waals surface area contributed by atoms with Crippen molar-refractivity contribution in [2.45, 2.75) is 25.3 Å². The Bertz CT molecular complexity index is 378. The molecule has 3 N–H and O–H groups in total. The van der Waals surface area contributed by atoms with Gasteiger partial charge in [0.25, 0.3) is 6.43 Å². The number of Topliss-reactive ketones (excluding diaryl/α,β-unsaturated/α-hetero) is 1. The third-order valence-electron chi connectivity index (χ3n) is 2.48. The van der Waals surface area contributed by atoms with Crippen molar-refractivity contribution in [2.24, 2.45) is 5.73 Å². The Morgan fingerprint density at radius 1 is 1.44 bits per heavy atom. The number of hydrogen-bond donors (Lipinski definition) is 2. The van der Waals surface area contributed by atoms with E-state index in [1.807, 2.05) is 0 Å². The molecule has 1 aromatic carbocycles. The smallest absolute Gasteiger partial charge is 0.263 e. The molecule has 0 bridgehead atoms. The fourth-order valence-electron chi connectivity index (χ4n) is 1.31. The van der Waals surface area contributed by atoms with Crippen LogP contribution in [0.15, 0.2) is 24.3 Å². The Morgan fingerprint density at radius 2 is 1.94 bits per heavy atom.